The summed E-state index contributed by atoms with van der Waals surface area (Å²) in [5.41, 5.74) is 3.05. The van der Waals surface area contributed by atoms with Crippen molar-refractivity contribution in [3.63, 3.8) is 0 Å². The topological polar surface area (TPSA) is 63.6 Å². The molecule has 164 valence electrons. The minimum absolute atomic E-state index is 0.154. The summed E-state index contributed by atoms with van der Waals surface area (Å²) < 4.78 is 6.03. The van der Waals surface area contributed by atoms with Crippen LogP contribution in [0.25, 0.3) is 0 Å². The number of aliphatic hydroxyl groups excluding tert-OH is 1. The van der Waals surface area contributed by atoms with Crippen LogP contribution < -0.4 is 0 Å². The molecule has 1 heterocycles. The molecule has 4 nitrogen and oxygen atoms in total. The van der Waals surface area contributed by atoms with Crippen LogP contribution in [0.1, 0.15) is 80.6 Å². The van der Waals surface area contributed by atoms with Gasteiger partial charge in [-0.2, -0.15) is 0 Å². The average Bonchev–Trinajstić information content (AvgIpc) is 2.63. The first-order valence-corrected chi connectivity index (χ1v) is 10.8. The molecule has 0 saturated heterocycles. The van der Waals surface area contributed by atoms with E-state index < -0.39 is 5.41 Å². The van der Waals surface area contributed by atoms with E-state index >= 15 is 0 Å². The predicted molar refractivity (Wildman–Crippen MR) is 121 cm³/mol. The lowest BCUT2D eigenvalue weighted by Crippen LogP contribution is -2.42. The van der Waals surface area contributed by atoms with Crippen LogP contribution >= 0.6 is 0 Å². The van der Waals surface area contributed by atoms with Gasteiger partial charge in [0.2, 0.25) is 0 Å². The van der Waals surface area contributed by atoms with E-state index in [-0.39, 0.29) is 35.4 Å². The number of ketones is 2. The molecular weight excluding hydrogens is 376 g/mol. The summed E-state index contributed by atoms with van der Waals surface area (Å²) in [6.45, 7) is 13.8. The van der Waals surface area contributed by atoms with Crippen molar-refractivity contribution in [2.75, 3.05) is 0 Å². The minimum atomic E-state index is -0.992. The van der Waals surface area contributed by atoms with E-state index in [1.807, 2.05) is 33.8 Å². The zero-order valence-corrected chi connectivity index (χ0v) is 19.5. The highest BCUT2D eigenvalue weighted by molar-refractivity contribution is 6.11. The lowest BCUT2D eigenvalue weighted by atomic mass is 9.69. The molecule has 0 fully saturated rings. The van der Waals surface area contributed by atoms with Crippen molar-refractivity contribution in [2.45, 2.75) is 86.7 Å². The number of allylic oxidation sites excluding steroid dienone is 9. The van der Waals surface area contributed by atoms with Crippen molar-refractivity contribution >= 4 is 11.6 Å². The molecule has 1 aliphatic heterocycles. The summed E-state index contributed by atoms with van der Waals surface area (Å²) in [6, 6.07) is 0. The molecule has 0 spiro atoms. The number of carbonyl (C=O) groups excluding carboxylic acids is 2. The smallest absolute Gasteiger partial charge is 0.176 e. The molecule has 2 aliphatic rings. The van der Waals surface area contributed by atoms with Gasteiger partial charge < -0.3 is 9.84 Å². The fourth-order valence-electron chi connectivity index (χ4n) is 3.88. The average molecular weight is 413 g/mol. The first-order chi connectivity index (χ1) is 14.0. The second-order valence-electron chi connectivity index (χ2n) is 9.31. The van der Waals surface area contributed by atoms with Gasteiger partial charge in [0, 0.05) is 12.0 Å². The Morgan fingerprint density at radius 3 is 2.33 bits per heavy atom. The van der Waals surface area contributed by atoms with Gasteiger partial charge in [0.1, 0.15) is 17.6 Å². The van der Waals surface area contributed by atoms with Crippen molar-refractivity contribution in [2.24, 2.45) is 5.41 Å². The normalized spacial score (nSPS) is 24.5. The zero-order valence-electron chi connectivity index (χ0n) is 19.5. The third kappa shape index (κ3) is 5.21. The van der Waals surface area contributed by atoms with Crippen LogP contribution in [-0.2, 0) is 14.3 Å². The molecule has 1 N–H and O–H groups in total. The van der Waals surface area contributed by atoms with Crippen LogP contribution in [0.2, 0.25) is 0 Å². The predicted octanol–water partition coefficient (Wildman–Crippen LogP) is 6.46. The summed E-state index contributed by atoms with van der Waals surface area (Å²) in [5.74, 6) is -0.181. The molecule has 0 aromatic carbocycles. The van der Waals surface area contributed by atoms with E-state index in [0.29, 0.717) is 24.2 Å². The molecule has 0 amide bonds. The lowest BCUT2D eigenvalue weighted by molar-refractivity contribution is -0.128. The van der Waals surface area contributed by atoms with Crippen molar-refractivity contribution < 1.29 is 19.4 Å². The summed E-state index contributed by atoms with van der Waals surface area (Å²) in [7, 11) is 0. The molecule has 4 heteroatoms. The number of rotatable bonds is 7. The van der Waals surface area contributed by atoms with Gasteiger partial charge >= 0.3 is 0 Å². The summed E-state index contributed by atoms with van der Waals surface area (Å²) in [6.07, 6.45) is 8.73. The van der Waals surface area contributed by atoms with Crippen LogP contribution in [0.3, 0.4) is 0 Å². The summed E-state index contributed by atoms with van der Waals surface area (Å²) >= 11 is 0. The van der Waals surface area contributed by atoms with Crippen LogP contribution in [-0.4, -0.2) is 22.8 Å². The number of hydrogen-bond donors (Lipinski definition) is 1. The fraction of sp³-hybridized carbons (Fsp3) is 0.538. The molecule has 0 radical (unpaired) electrons. The molecule has 30 heavy (non-hydrogen) atoms. The van der Waals surface area contributed by atoms with E-state index in [1.54, 1.807) is 0 Å². The first-order valence-electron chi connectivity index (χ1n) is 10.8. The number of hydrogen-bond acceptors (Lipinski definition) is 4. The van der Waals surface area contributed by atoms with Gasteiger partial charge in [0.15, 0.2) is 11.6 Å². The van der Waals surface area contributed by atoms with Gasteiger partial charge in [-0.1, -0.05) is 34.9 Å². The van der Waals surface area contributed by atoms with Crippen molar-refractivity contribution in [3.05, 3.63) is 57.6 Å². The Morgan fingerprint density at radius 2 is 1.73 bits per heavy atom. The van der Waals surface area contributed by atoms with Gasteiger partial charge in [0.25, 0.3) is 0 Å². The van der Waals surface area contributed by atoms with Gasteiger partial charge in [-0.3, -0.25) is 9.59 Å². The highest BCUT2D eigenvalue weighted by Crippen LogP contribution is 2.47. The Balaban J connectivity index is 2.46. The monoisotopic (exact) mass is 412 g/mol. The van der Waals surface area contributed by atoms with Gasteiger partial charge in [-0.15, -0.1) is 0 Å². The van der Waals surface area contributed by atoms with E-state index in [4.69, 9.17) is 4.74 Å². The Kier molecular flexibility index (Phi) is 7.68. The van der Waals surface area contributed by atoms with Gasteiger partial charge in [-0.05, 0) is 74.1 Å². The minimum Gasteiger partial charge on any atom is -0.507 e. The van der Waals surface area contributed by atoms with Crippen LogP contribution in [0, 0.1) is 5.41 Å². The third-order valence-electron chi connectivity index (χ3n) is 5.76. The Labute approximate surface area is 181 Å². The maximum absolute atomic E-state index is 13.5. The Hall–Kier alpha value is -2.36. The second kappa shape index (κ2) is 9.63. The highest BCUT2D eigenvalue weighted by atomic mass is 16.5. The van der Waals surface area contributed by atoms with Crippen molar-refractivity contribution in [3.8, 4) is 0 Å². The molecule has 0 saturated carbocycles. The molecule has 2 atom stereocenters. The van der Waals surface area contributed by atoms with Gasteiger partial charge in [0.05, 0.1) is 11.0 Å². The van der Waals surface area contributed by atoms with Crippen molar-refractivity contribution in [1.29, 1.82) is 0 Å². The van der Waals surface area contributed by atoms with Crippen LogP contribution in [0.15, 0.2) is 57.6 Å². The maximum Gasteiger partial charge on any atom is 0.176 e. The SMILES string of the molecule is CC(C)=CCC/C(C)=C/C[C@@]1(C)C(=O)C(CC=C(C)C)=C(O)C2=C1O[C@@H](C)CC2=O. The standard InChI is InChI=1S/C26H36O4/c1-16(2)9-8-10-18(5)13-14-26(7)24(29)20(12-11-17(3)4)23(28)22-21(27)15-19(6)30-25(22)26/h9,11,13,19,28H,8,10,12,14-15H2,1-7H3/b18-13+/t19-,26-/m0/s1. The van der Waals surface area contributed by atoms with E-state index in [9.17, 15) is 14.7 Å². The molecule has 0 bridgehead atoms. The largest absolute Gasteiger partial charge is 0.507 e. The highest BCUT2D eigenvalue weighted by Gasteiger charge is 2.50. The molecule has 0 aromatic rings. The summed E-state index contributed by atoms with van der Waals surface area (Å²) in [4.78, 5) is 26.3. The number of aliphatic hydroxyl groups is 1. The Morgan fingerprint density at radius 1 is 1.10 bits per heavy atom. The molecule has 1 aliphatic carbocycles. The number of ether oxygens (including phenoxy) is 1. The molecule has 0 aromatic heterocycles. The third-order valence-corrected chi connectivity index (χ3v) is 5.76. The Bertz CT molecular complexity index is 871. The summed E-state index contributed by atoms with van der Waals surface area (Å²) in [5, 5.41) is 10.8. The number of Topliss-reactive ketones (excluding diaryl/α,β-unsaturated/α-hetero) is 2. The number of carbonyl (C=O) groups is 2. The van der Waals surface area contributed by atoms with E-state index in [2.05, 4.69) is 32.9 Å². The second-order valence-corrected chi connectivity index (χ2v) is 9.31. The molecule has 0 unspecified atom stereocenters. The lowest BCUT2D eigenvalue weighted by Gasteiger charge is -2.39. The zero-order chi connectivity index (χ0) is 22.6. The maximum atomic E-state index is 13.5. The molecule has 2 rings (SSSR count). The van der Waals surface area contributed by atoms with E-state index in [0.717, 1.165) is 18.4 Å². The molecular formula is C26H36O4. The van der Waals surface area contributed by atoms with Crippen LogP contribution in [0.4, 0.5) is 0 Å². The first kappa shape index (κ1) is 23.9. The van der Waals surface area contributed by atoms with E-state index in [1.165, 1.54) is 11.1 Å². The van der Waals surface area contributed by atoms with Crippen molar-refractivity contribution in [1.82, 2.24) is 0 Å². The fourth-order valence-corrected chi connectivity index (χ4v) is 3.88. The quantitative estimate of drug-likeness (QED) is 0.487. The van der Waals surface area contributed by atoms with Gasteiger partial charge in [-0.25, -0.2) is 0 Å². The van der Waals surface area contributed by atoms with Crippen LogP contribution in [0.5, 0.6) is 0 Å².